The van der Waals surface area contributed by atoms with Crippen molar-refractivity contribution in [2.24, 2.45) is 0 Å². The predicted molar refractivity (Wildman–Crippen MR) is 103 cm³/mol. The van der Waals surface area contributed by atoms with E-state index in [0.717, 1.165) is 40.1 Å². The average molecular weight is 385 g/mol. The smallest absolute Gasteiger partial charge is 0.237 e. The van der Waals surface area contributed by atoms with Crippen molar-refractivity contribution in [2.75, 3.05) is 17.2 Å². The molecule has 5 nitrogen and oxygen atoms in total. The van der Waals surface area contributed by atoms with E-state index in [9.17, 15) is 4.79 Å². The Kier molecular flexibility index (Phi) is 7.33. The molecule has 0 aliphatic heterocycles. The lowest BCUT2D eigenvalue weighted by atomic mass is 10.2. The molecule has 1 aromatic heterocycles. The molecule has 0 radical (unpaired) electrons. The van der Waals surface area contributed by atoms with E-state index in [0.29, 0.717) is 5.02 Å². The van der Waals surface area contributed by atoms with Crippen LogP contribution in [-0.2, 0) is 4.79 Å². The maximum atomic E-state index is 12.4. The highest BCUT2D eigenvalue weighted by Gasteiger charge is 2.18. The number of unbranched alkanes of at least 4 members (excludes halogenated alkanes) is 1. The summed E-state index contributed by atoms with van der Waals surface area (Å²) in [5.41, 5.74) is 1.71. The molecule has 1 heterocycles. The molecule has 24 heavy (non-hydrogen) atoms. The molecule has 0 aliphatic carbocycles. The van der Waals surface area contributed by atoms with Crippen molar-refractivity contribution in [3.8, 4) is 0 Å². The highest BCUT2D eigenvalue weighted by atomic mass is 35.5. The molecule has 2 N–H and O–H groups in total. The van der Waals surface area contributed by atoms with Gasteiger partial charge in [-0.2, -0.15) is 0 Å². The molecule has 2 aromatic rings. The van der Waals surface area contributed by atoms with Gasteiger partial charge in [-0.15, -0.1) is 10.2 Å². The quantitative estimate of drug-likeness (QED) is 0.504. The van der Waals surface area contributed by atoms with Crippen LogP contribution in [0.1, 0.15) is 32.3 Å². The summed E-state index contributed by atoms with van der Waals surface area (Å²) in [5.74, 6) is -0.0824. The summed E-state index contributed by atoms with van der Waals surface area (Å²) >= 11 is 8.85. The molecule has 0 saturated carbocycles. The Hall–Kier alpha value is -1.31. The largest absolute Gasteiger partial charge is 0.360 e. The van der Waals surface area contributed by atoms with Crippen LogP contribution in [0, 0.1) is 6.92 Å². The second-order valence-corrected chi connectivity index (χ2v) is 8.36. The number of aromatic nitrogens is 2. The monoisotopic (exact) mass is 384 g/mol. The van der Waals surface area contributed by atoms with Gasteiger partial charge in [0.05, 0.1) is 5.25 Å². The van der Waals surface area contributed by atoms with Gasteiger partial charge in [0, 0.05) is 17.3 Å². The maximum absolute atomic E-state index is 12.4. The molecule has 0 bridgehead atoms. The van der Waals surface area contributed by atoms with Crippen LogP contribution in [0.25, 0.3) is 0 Å². The molecule has 0 aliphatic rings. The number of nitrogens with zero attached hydrogens (tertiary/aromatic N) is 2. The van der Waals surface area contributed by atoms with Crippen LogP contribution >= 0.6 is 34.7 Å². The number of anilines is 2. The number of halogens is 1. The second kappa shape index (κ2) is 9.25. The first-order valence-corrected chi connectivity index (χ1v) is 9.88. The summed E-state index contributed by atoms with van der Waals surface area (Å²) in [7, 11) is 0. The first kappa shape index (κ1) is 19.0. The summed E-state index contributed by atoms with van der Waals surface area (Å²) in [4.78, 5) is 12.4. The van der Waals surface area contributed by atoms with Crippen molar-refractivity contribution < 1.29 is 4.79 Å². The Bertz CT molecular complexity index is 692. The number of thioether (sulfide) groups is 1. The van der Waals surface area contributed by atoms with Crippen LogP contribution in [0.15, 0.2) is 22.5 Å². The van der Waals surface area contributed by atoms with Crippen LogP contribution in [-0.4, -0.2) is 27.9 Å². The Morgan fingerprint density at radius 1 is 1.42 bits per heavy atom. The highest BCUT2D eigenvalue weighted by Crippen LogP contribution is 2.30. The van der Waals surface area contributed by atoms with Crippen molar-refractivity contribution in [3.05, 3.63) is 28.8 Å². The molecule has 0 unspecified atom stereocenters. The molecule has 1 atom stereocenters. The number of amides is 1. The third-order valence-corrected chi connectivity index (χ3v) is 5.62. The lowest BCUT2D eigenvalue weighted by Gasteiger charge is -2.12. The number of carbonyl (C=O) groups is 1. The van der Waals surface area contributed by atoms with Crippen molar-refractivity contribution in [1.82, 2.24) is 10.2 Å². The van der Waals surface area contributed by atoms with Gasteiger partial charge in [0.1, 0.15) is 0 Å². The van der Waals surface area contributed by atoms with Gasteiger partial charge in [0.2, 0.25) is 11.0 Å². The van der Waals surface area contributed by atoms with E-state index in [4.69, 9.17) is 11.6 Å². The molecule has 1 amide bonds. The lowest BCUT2D eigenvalue weighted by Crippen LogP contribution is -2.22. The number of aryl methyl sites for hydroxylation is 1. The van der Waals surface area contributed by atoms with E-state index < -0.39 is 0 Å². The minimum absolute atomic E-state index is 0.0824. The molecule has 2 rings (SSSR count). The van der Waals surface area contributed by atoms with Gasteiger partial charge in [-0.25, -0.2) is 0 Å². The van der Waals surface area contributed by atoms with E-state index in [1.54, 1.807) is 12.1 Å². The zero-order chi connectivity index (χ0) is 17.5. The fourth-order valence-electron chi connectivity index (χ4n) is 1.87. The van der Waals surface area contributed by atoms with Crippen LogP contribution in [0.5, 0.6) is 0 Å². The van der Waals surface area contributed by atoms with Crippen LogP contribution in [0.2, 0.25) is 5.02 Å². The van der Waals surface area contributed by atoms with E-state index in [1.165, 1.54) is 23.1 Å². The van der Waals surface area contributed by atoms with Gasteiger partial charge in [-0.05, 0) is 38.0 Å². The van der Waals surface area contributed by atoms with Crippen molar-refractivity contribution >= 4 is 51.4 Å². The number of rotatable bonds is 8. The first-order chi connectivity index (χ1) is 11.5. The zero-order valence-corrected chi connectivity index (χ0v) is 16.3. The molecule has 130 valence electrons. The Balaban J connectivity index is 1.90. The van der Waals surface area contributed by atoms with Crippen LogP contribution in [0.3, 0.4) is 0 Å². The molecule has 0 fully saturated rings. The Morgan fingerprint density at radius 2 is 2.21 bits per heavy atom. The number of hydrogen-bond acceptors (Lipinski definition) is 6. The summed E-state index contributed by atoms with van der Waals surface area (Å²) in [6.07, 6.45) is 2.23. The van der Waals surface area contributed by atoms with E-state index in [-0.39, 0.29) is 11.2 Å². The molecule has 0 spiro atoms. The summed E-state index contributed by atoms with van der Waals surface area (Å²) in [6.45, 7) is 6.82. The van der Waals surface area contributed by atoms with Gasteiger partial charge in [0.15, 0.2) is 4.34 Å². The van der Waals surface area contributed by atoms with Crippen molar-refractivity contribution in [1.29, 1.82) is 0 Å². The van der Waals surface area contributed by atoms with Gasteiger partial charge in [-0.1, -0.05) is 54.1 Å². The maximum Gasteiger partial charge on any atom is 0.237 e. The van der Waals surface area contributed by atoms with Crippen LogP contribution < -0.4 is 10.6 Å². The summed E-state index contributed by atoms with van der Waals surface area (Å²) in [5, 5.41) is 15.5. The van der Waals surface area contributed by atoms with E-state index in [2.05, 4.69) is 27.8 Å². The minimum atomic E-state index is -0.278. The third-order valence-electron chi connectivity index (χ3n) is 3.32. The van der Waals surface area contributed by atoms with Crippen LogP contribution in [0.4, 0.5) is 10.8 Å². The third kappa shape index (κ3) is 5.65. The zero-order valence-electron chi connectivity index (χ0n) is 13.9. The van der Waals surface area contributed by atoms with E-state index in [1.807, 2.05) is 19.9 Å². The molecule has 8 heteroatoms. The average Bonchev–Trinajstić information content (AvgIpc) is 2.98. The normalized spacial score (nSPS) is 12.0. The fraction of sp³-hybridized carbons (Fsp3) is 0.438. The van der Waals surface area contributed by atoms with Gasteiger partial charge >= 0.3 is 0 Å². The minimum Gasteiger partial charge on any atom is -0.360 e. The van der Waals surface area contributed by atoms with Crippen molar-refractivity contribution in [2.45, 2.75) is 43.2 Å². The number of hydrogen-bond donors (Lipinski definition) is 2. The fourth-order valence-corrected chi connectivity index (χ4v) is 3.96. The Labute approximate surface area is 155 Å². The number of benzene rings is 1. The summed E-state index contributed by atoms with van der Waals surface area (Å²) in [6, 6.07) is 5.45. The standard InChI is InChI=1S/C16H21ClN4OS2/c1-4-5-8-18-15-20-21-16(24-15)23-11(3)14(22)19-13-9-12(17)7-6-10(13)2/h6-7,9,11H,4-5,8H2,1-3H3,(H,18,20)(H,19,22)/t11-/m1/s1. The molecule has 0 saturated heterocycles. The number of carbonyl (C=O) groups excluding carboxylic acids is 1. The summed E-state index contributed by atoms with van der Waals surface area (Å²) < 4.78 is 0.777. The molecular weight excluding hydrogens is 364 g/mol. The molecule has 1 aromatic carbocycles. The van der Waals surface area contributed by atoms with Gasteiger partial charge < -0.3 is 10.6 Å². The predicted octanol–water partition coefficient (Wildman–Crippen LogP) is 4.83. The van der Waals surface area contributed by atoms with Crippen molar-refractivity contribution in [3.63, 3.8) is 0 Å². The van der Waals surface area contributed by atoms with Gasteiger partial charge in [-0.3, -0.25) is 4.79 Å². The first-order valence-electron chi connectivity index (χ1n) is 7.80. The molecular formula is C16H21ClN4OS2. The second-order valence-electron chi connectivity index (χ2n) is 5.36. The highest BCUT2D eigenvalue weighted by molar-refractivity contribution is 8.02. The Morgan fingerprint density at radius 3 is 2.96 bits per heavy atom. The topological polar surface area (TPSA) is 66.9 Å². The number of nitrogens with one attached hydrogen (secondary N) is 2. The SMILES string of the molecule is CCCCNc1nnc(S[C@H](C)C(=O)Nc2cc(Cl)ccc2C)s1. The van der Waals surface area contributed by atoms with Gasteiger partial charge in [0.25, 0.3) is 0 Å². The lowest BCUT2D eigenvalue weighted by molar-refractivity contribution is -0.115. The van der Waals surface area contributed by atoms with E-state index >= 15 is 0 Å².